The molecule has 0 radical (unpaired) electrons. The maximum absolute atomic E-state index is 11.5. The standard InChI is InChI=1S/C13H19N3O/c1-9-4-3-7-16(9)12-6-5-10(8-11(12)14)13(17)15-2/h5-6,8-9H,3-4,7,14H2,1-2H3,(H,15,17). The fraction of sp³-hybridized carbons (Fsp3) is 0.462. The molecule has 1 heterocycles. The largest absolute Gasteiger partial charge is 0.397 e. The Morgan fingerprint density at radius 2 is 2.29 bits per heavy atom. The maximum atomic E-state index is 11.5. The van der Waals surface area contributed by atoms with Gasteiger partial charge in [0.2, 0.25) is 0 Å². The van der Waals surface area contributed by atoms with Gasteiger partial charge >= 0.3 is 0 Å². The first-order valence-corrected chi connectivity index (χ1v) is 6.01. The summed E-state index contributed by atoms with van der Waals surface area (Å²) in [5.74, 6) is -0.0993. The number of carbonyl (C=O) groups excluding carboxylic acids is 1. The summed E-state index contributed by atoms with van der Waals surface area (Å²) in [6.07, 6.45) is 2.41. The van der Waals surface area contributed by atoms with Crippen LogP contribution in [0.3, 0.4) is 0 Å². The van der Waals surface area contributed by atoms with Gasteiger partial charge in [0.15, 0.2) is 0 Å². The van der Waals surface area contributed by atoms with E-state index in [0.717, 1.165) is 12.2 Å². The summed E-state index contributed by atoms with van der Waals surface area (Å²) in [5.41, 5.74) is 8.37. The molecule has 0 aliphatic carbocycles. The molecule has 1 unspecified atom stereocenters. The second kappa shape index (κ2) is 4.65. The smallest absolute Gasteiger partial charge is 0.251 e. The van der Waals surface area contributed by atoms with Crippen molar-refractivity contribution in [2.45, 2.75) is 25.8 Å². The zero-order valence-corrected chi connectivity index (χ0v) is 10.4. The number of amides is 1. The van der Waals surface area contributed by atoms with Crippen molar-refractivity contribution >= 4 is 17.3 Å². The van der Waals surface area contributed by atoms with Gasteiger partial charge in [0.05, 0.1) is 11.4 Å². The first-order valence-electron chi connectivity index (χ1n) is 6.01. The van der Waals surface area contributed by atoms with E-state index in [4.69, 9.17) is 5.73 Å². The number of nitrogens with two attached hydrogens (primary N) is 1. The monoisotopic (exact) mass is 233 g/mol. The fourth-order valence-corrected chi connectivity index (χ4v) is 2.39. The van der Waals surface area contributed by atoms with Gasteiger partial charge < -0.3 is 16.0 Å². The van der Waals surface area contributed by atoms with Crippen molar-refractivity contribution in [1.29, 1.82) is 0 Å². The molecule has 92 valence electrons. The molecule has 0 bridgehead atoms. The van der Waals surface area contributed by atoms with Gasteiger partial charge in [-0.1, -0.05) is 0 Å². The first-order chi connectivity index (χ1) is 8.13. The number of nitrogens with zero attached hydrogens (tertiary/aromatic N) is 1. The van der Waals surface area contributed by atoms with E-state index < -0.39 is 0 Å². The molecule has 0 aromatic heterocycles. The molecular formula is C13H19N3O. The van der Waals surface area contributed by atoms with Gasteiger partial charge in [-0.3, -0.25) is 4.79 Å². The van der Waals surface area contributed by atoms with E-state index in [1.54, 1.807) is 13.1 Å². The highest BCUT2D eigenvalue weighted by molar-refractivity contribution is 5.96. The lowest BCUT2D eigenvalue weighted by atomic mass is 10.1. The summed E-state index contributed by atoms with van der Waals surface area (Å²) in [6, 6.07) is 6.06. The quantitative estimate of drug-likeness (QED) is 0.763. The molecule has 4 heteroatoms. The summed E-state index contributed by atoms with van der Waals surface area (Å²) in [6.45, 7) is 3.25. The molecule has 17 heavy (non-hydrogen) atoms. The Bertz CT molecular complexity index is 431. The average molecular weight is 233 g/mol. The molecule has 2 rings (SSSR count). The van der Waals surface area contributed by atoms with Crippen molar-refractivity contribution in [2.75, 3.05) is 24.2 Å². The number of benzene rings is 1. The van der Waals surface area contributed by atoms with Crippen molar-refractivity contribution in [1.82, 2.24) is 5.32 Å². The van der Waals surface area contributed by atoms with Gasteiger partial charge in [-0.25, -0.2) is 0 Å². The minimum Gasteiger partial charge on any atom is -0.397 e. The summed E-state index contributed by atoms with van der Waals surface area (Å²) in [7, 11) is 1.62. The van der Waals surface area contributed by atoms with Gasteiger partial charge in [0, 0.05) is 25.2 Å². The van der Waals surface area contributed by atoms with Crippen LogP contribution in [0.15, 0.2) is 18.2 Å². The Morgan fingerprint density at radius 1 is 1.53 bits per heavy atom. The van der Waals surface area contributed by atoms with Gasteiger partial charge in [0.1, 0.15) is 0 Å². The van der Waals surface area contributed by atoms with Crippen LogP contribution < -0.4 is 16.0 Å². The molecule has 3 N–H and O–H groups in total. The molecule has 1 amide bonds. The second-order valence-corrected chi connectivity index (χ2v) is 4.54. The molecule has 1 saturated heterocycles. The number of nitrogen functional groups attached to an aromatic ring is 1. The Kier molecular flexibility index (Phi) is 3.22. The van der Waals surface area contributed by atoms with Crippen LogP contribution in [0.5, 0.6) is 0 Å². The zero-order chi connectivity index (χ0) is 12.4. The number of rotatable bonds is 2. The third-order valence-electron chi connectivity index (χ3n) is 3.38. The van der Waals surface area contributed by atoms with Crippen LogP contribution in [0.25, 0.3) is 0 Å². The minimum atomic E-state index is -0.0993. The van der Waals surface area contributed by atoms with Crippen molar-refractivity contribution in [2.24, 2.45) is 0 Å². The normalized spacial score (nSPS) is 19.4. The van der Waals surface area contributed by atoms with Crippen LogP contribution >= 0.6 is 0 Å². The average Bonchev–Trinajstić information content (AvgIpc) is 2.74. The van der Waals surface area contributed by atoms with E-state index in [1.807, 2.05) is 12.1 Å². The summed E-state index contributed by atoms with van der Waals surface area (Å²) in [4.78, 5) is 13.8. The van der Waals surface area contributed by atoms with Crippen LogP contribution in [0.1, 0.15) is 30.1 Å². The lowest BCUT2D eigenvalue weighted by Crippen LogP contribution is -2.27. The Morgan fingerprint density at radius 3 is 2.82 bits per heavy atom. The highest BCUT2D eigenvalue weighted by Gasteiger charge is 2.22. The van der Waals surface area contributed by atoms with Crippen molar-refractivity contribution in [3.63, 3.8) is 0 Å². The predicted octanol–water partition coefficient (Wildman–Crippen LogP) is 1.62. The molecule has 1 aliphatic heterocycles. The molecule has 1 aromatic carbocycles. The van der Waals surface area contributed by atoms with Crippen LogP contribution in [0.4, 0.5) is 11.4 Å². The van der Waals surface area contributed by atoms with E-state index in [2.05, 4.69) is 17.1 Å². The highest BCUT2D eigenvalue weighted by Crippen LogP contribution is 2.30. The van der Waals surface area contributed by atoms with E-state index in [9.17, 15) is 4.79 Å². The number of nitrogens with one attached hydrogen (secondary N) is 1. The van der Waals surface area contributed by atoms with E-state index in [1.165, 1.54) is 12.8 Å². The molecule has 0 spiro atoms. The Balaban J connectivity index is 2.28. The first kappa shape index (κ1) is 11.8. The third kappa shape index (κ3) is 2.20. The summed E-state index contributed by atoms with van der Waals surface area (Å²) in [5, 5.41) is 2.60. The van der Waals surface area contributed by atoms with E-state index >= 15 is 0 Å². The van der Waals surface area contributed by atoms with Crippen LogP contribution in [0, 0.1) is 0 Å². The fourth-order valence-electron chi connectivity index (χ4n) is 2.39. The van der Waals surface area contributed by atoms with E-state index in [0.29, 0.717) is 17.3 Å². The lowest BCUT2D eigenvalue weighted by molar-refractivity contribution is 0.0963. The molecule has 1 aromatic rings. The predicted molar refractivity (Wildman–Crippen MR) is 70.3 cm³/mol. The maximum Gasteiger partial charge on any atom is 0.251 e. The molecule has 1 fully saturated rings. The third-order valence-corrected chi connectivity index (χ3v) is 3.38. The number of anilines is 2. The zero-order valence-electron chi connectivity index (χ0n) is 10.4. The van der Waals surface area contributed by atoms with Crippen molar-refractivity contribution in [3.05, 3.63) is 23.8 Å². The Labute approximate surface area is 102 Å². The molecule has 1 aliphatic rings. The topological polar surface area (TPSA) is 58.4 Å². The molecular weight excluding hydrogens is 214 g/mol. The van der Waals surface area contributed by atoms with Crippen LogP contribution in [-0.4, -0.2) is 25.5 Å². The number of hydrogen-bond acceptors (Lipinski definition) is 3. The number of carbonyl (C=O) groups is 1. The van der Waals surface area contributed by atoms with Gasteiger partial charge in [-0.15, -0.1) is 0 Å². The SMILES string of the molecule is CNC(=O)c1ccc(N2CCCC2C)c(N)c1. The van der Waals surface area contributed by atoms with Crippen LogP contribution in [-0.2, 0) is 0 Å². The van der Waals surface area contributed by atoms with E-state index in [-0.39, 0.29) is 5.91 Å². The molecule has 0 saturated carbocycles. The van der Waals surface area contributed by atoms with Gasteiger partial charge in [0.25, 0.3) is 5.91 Å². The summed E-state index contributed by atoms with van der Waals surface area (Å²) >= 11 is 0. The van der Waals surface area contributed by atoms with Crippen molar-refractivity contribution in [3.8, 4) is 0 Å². The summed E-state index contributed by atoms with van der Waals surface area (Å²) < 4.78 is 0. The van der Waals surface area contributed by atoms with Gasteiger partial charge in [-0.2, -0.15) is 0 Å². The van der Waals surface area contributed by atoms with Crippen LogP contribution in [0.2, 0.25) is 0 Å². The second-order valence-electron chi connectivity index (χ2n) is 4.54. The molecule has 4 nitrogen and oxygen atoms in total. The Hall–Kier alpha value is -1.71. The van der Waals surface area contributed by atoms with Gasteiger partial charge in [-0.05, 0) is 38.0 Å². The lowest BCUT2D eigenvalue weighted by Gasteiger charge is -2.25. The number of hydrogen-bond donors (Lipinski definition) is 2. The minimum absolute atomic E-state index is 0.0993. The molecule has 1 atom stereocenters. The highest BCUT2D eigenvalue weighted by atomic mass is 16.1. The van der Waals surface area contributed by atoms with Crippen molar-refractivity contribution < 1.29 is 4.79 Å².